The fourth-order valence-electron chi connectivity index (χ4n) is 1.60. The van der Waals surface area contributed by atoms with Gasteiger partial charge in [-0.05, 0) is 24.6 Å². The van der Waals surface area contributed by atoms with Crippen molar-refractivity contribution in [2.75, 3.05) is 16.8 Å². The van der Waals surface area contributed by atoms with Gasteiger partial charge in [-0.15, -0.1) is 0 Å². The van der Waals surface area contributed by atoms with Gasteiger partial charge in [0.1, 0.15) is 0 Å². The van der Waals surface area contributed by atoms with E-state index in [-0.39, 0.29) is 5.91 Å². The second kappa shape index (κ2) is 4.79. The highest BCUT2D eigenvalue weighted by Gasteiger charge is 2.09. The second-order valence-electron chi connectivity index (χ2n) is 3.97. The van der Waals surface area contributed by atoms with Gasteiger partial charge in [-0.3, -0.25) is 9.89 Å². The zero-order chi connectivity index (χ0) is 13.1. The van der Waals surface area contributed by atoms with Crippen molar-refractivity contribution in [3.63, 3.8) is 0 Å². The van der Waals surface area contributed by atoms with Gasteiger partial charge in [0.15, 0.2) is 5.82 Å². The lowest BCUT2D eigenvalue weighted by molar-refractivity contribution is 0.102. The van der Waals surface area contributed by atoms with Gasteiger partial charge < -0.3 is 16.8 Å². The summed E-state index contributed by atoms with van der Waals surface area (Å²) in [6.45, 7) is 2.00. The minimum Gasteiger partial charge on any atom is -0.399 e. The second-order valence-corrected chi connectivity index (χ2v) is 3.97. The summed E-state index contributed by atoms with van der Waals surface area (Å²) in [5.41, 5.74) is 13.5. The Kier molecular flexibility index (Phi) is 3.18. The SMILES string of the molecule is CCc1cc(NC(=O)c2cc(N)cc(N)c2)n[nH]1. The van der Waals surface area contributed by atoms with E-state index in [1.54, 1.807) is 24.3 Å². The molecule has 1 amide bonds. The summed E-state index contributed by atoms with van der Waals surface area (Å²) in [7, 11) is 0. The number of hydrogen-bond donors (Lipinski definition) is 4. The molecule has 0 saturated heterocycles. The van der Waals surface area contributed by atoms with Crippen molar-refractivity contribution in [2.45, 2.75) is 13.3 Å². The Morgan fingerprint density at radius 1 is 1.28 bits per heavy atom. The average Bonchev–Trinajstić information content (AvgIpc) is 2.75. The molecule has 0 aliphatic heterocycles. The van der Waals surface area contributed by atoms with E-state index < -0.39 is 0 Å². The molecule has 0 aliphatic rings. The molecule has 0 saturated carbocycles. The molecule has 0 bridgehead atoms. The zero-order valence-electron chi connectivity index (χ0n) is 10.0. The summed E-state index contributed by atoms with van der Waals surface area (Å²) in [5, 5.41) is 9.47. The predicted octanol–water partition coefficient (Wildman–Crippen LogP) is 1.39. The molecule has 0 atom stereocenters. The van der Waals surface area contributed by atoms with Crippen LogP contribution < -0.4 is 16.8 Å². The van der Waals surface area contributed by atoms with Crippen molar-refractivity contribution in [2.24, 2.45) is 0 Å². The van der Waals surface area contributed by atoms with Crippen LogP contribution in [0, 0.1) is 0 Å². The van der Waals surface area contributed by atoms with Gasteiger partial charge >= 0.3 is 0 Å². The summed E-state index contributed by atoms with van der Waals surface area (Å²) in [6, 6.07) is 6.52. The van der Waals surface area contributed by atoms with E-state index >= 15 is 0 Å². The van der Waals surface area contributed by atoms with Crippen LogP contribution in [0.2, 0.25) is 0 Å². The molecule has 2 aromatic rings. The molecule has 1 heterocycles. The number of benzene rings is 1. The van der Waals surface area contributed by atoms with Gasteiger partial charge in [-0.2, -0.15) is 5.10 Å². The fourth-order valence-corrected chi connectivity index (χ4v) is 1.60. The number of aromatic amines is 1. The normalized spacial score (nSPS) is 10.3. The minimum absolute atomic E-state index is 0.289. The van der Waals surface area contributed by atoms with Crippen molar-refractivity contribution >= 4 is 23.1 Å². The van der Waals surface area contributed by atoms with Crippen LogP contribution in [0.1, 0.15) is 23.0 Å². The molecular weight excluding hydrogens is 230 g/mol. The predicted molar refractivity (Wildman–Crippen MR) is 71.2 cm³/mol. The van der Waals surface area contributed by atoms with Gasteiger partial charge in [-0.25, -0.2) is 0 Å². The topological polar surface area (TPSA) is 110 Å². The van der Waals surface area contributed by atoms with Crippen molar-refractivity contribution in [1.29, 1.82) is 0 Å². The number of amides is 1. The monoisotopic (exact) mass is 245 g/mol. The van der Waals surface area contributed by atoms with E-state index in [1.807, 2.05) is 6.92 Å². The Morgan fingerprint density at radius 2 is 1.94 bits per heavy atom. The van der Waals surface area contributed by atoms with Crippen molar-refractivity contribution in [3.05, 3.63) is 35.5 Å². The summed E-state index contributed by atoms with van der Waals surface area (Å²) in [6.07, 6.45) is 0.827. The summed E-state index contributed by atoms with van der Waals surface area (Å²) in [4.78, 5) is 11.9. The molecule has 0 aliphatic carbocycles. The molecule has 94 valence electrons. The fraction of sp³-hybridized carbons (Fsp3) is 0.167. The maximum absolute atomic E-state index is 11.9. The molecule has 0 spiro atoms. The first kappa shape index (κ1) is 12.0. The summed E-state index contributed by atoms with van der Waals surface area (Å²) >= 11 is 0. The Labute approximate surface area is 104 Å². The first-order chi connectivity index (χ1) is 8.58. The number of anilines is 3. The maximum Gasteiger partial charge on any atom is 0.257 e. The lowest BCUT2D eigenvalue weighted by atomic mass is 10.1. The summed E-state index contributed by atoms with van der Waals surface area (Å²) < 4.78 is 0. The number of nitrogens with zero attached hydrogens (tertiary/aromatic N) is 1. The summed E-state index contributed by atoms with van der Waals surface area (Å²) in [5.74, 6) is 0.195. The molecule has 2 rings (SSSR count). The van der Waals surface area contributed by atoms with Crippen LogP contribution in [-0.2, 0) is 6.42 Å². The molecule has 6 N–H and O–H groups in total. The average molecular weight is 245 g/mol. The van der Waals surface area contributed by atoms with Crippen molar-refractivity contribution < 1.29 is 4.79 Å². The van der Waals surface area contributed by atoms with Crippen molar-refractivity contribution in [3.8, 4) is 0 Å². The molecule has 6 heteroatoms. The number of nitrogens with two attached hydrogens (primary N) is 2. The standard InChI is InChI=1S/C12H15N5O/c1-2-10-6-11(17-16-10)15-12(18)7-3-8(13)5-9(14)4-7/h3-6H,2,13-14H2,1H3,(H2,15,16,17,18). The van der Waals surface area contributed by atoms with Crippen LogP contribution in [0.3, 0.4) is 0 Å². The van der Waals surface area contributed by atoms with E-state index in [9.17, 15) is 4.79 Å². The van der Waals surface area contributed by atoms with Crippen LogP contribution in [0.4, 0.5) is 17.2 Å². The molecule has 18 heavy (non-hydrogen) atoms. The van der Waals surface area contributed by atoms with Gasteiger partial charge in [0.05, 0.1) is 0 Å². The van der Waals surface area contributed by atoms with E-state index in [2.05, 4.69) is 15.5 Å². The number of aryl methyl sites for hydroxylation is 1. The van der Waals surface area contributed by atoms with Gasteiger partial charge in [0.2, 0.25) is 0 Å². The first-order valence-corrected chi connectivity index (χ1v) is 5.60. The number of rotatable bonds is 3. The number of nitrogen functional groups attached to an aromatic ring is 2. The minimum atomic E-state index is -0.289. The lowest BCUT2D eigenvalue weighted by Crippen LogP contribution is -2.13. The lowest BCUT2D eigenvalue weighted by Gasteiger charge is -2.04. The van der Waals surface area contributed by atoms with Crippen LogP contribution in [0.15, 0.2) is 24.3 Å². The highest BCUT2D eigenvalue weighted by atomic mass is 16.1. The number of carbonyl (C=O) groups is 1. The third-order valence-electron chi connectivity index (χ3n) is 2.49. The van der Waals surface area contributed by atoms with E-state index in [0.717, 1.165) is 12.1 Å². The smallest absolute Gasteiger partial charge is 0.257 e. The highest BCUT2D eigenvalue weighted by Crippen LogP contribution is 2.15. The number of H-pyrrole nitrogens is 1. The van der Waals surface area contributed by atoms with Crippen LogP contribution in [0.5, 0.6) is 0 Å². The number of hydrogen-bond acceptors (Lipinski definition) is 4. The largest absolute Gasteiger partial charge is 0.399 e. The highest BCUT2D eigenvalue weighted by molar-refractivity contribution is 6.04. The number of nitrogens with one attached hydrogen (secondary N) is 2. The Balaban J connectivity index is 2.16. The first-order valence-electron chi connectivity index (χ1n) is 5.60. The van der Waals surface area contributed by atoms with Crippen molar-refractivity contribution in [1.82, 2.24) is 10.2 Å². The van der Waals surface area contributed by atoms with Gasteiger partial charge in [0, 0.05) is 28.7 Å². The quantitative estimate of drug-likeness (QED) is 0.612. The Morgan fingerprint density at radius 3 is 2.50 bits per heavy atom. The third kappa shape index (κ3) is 2.60. The molecule has 1 aromatic carbocycles. The Bertz CT molecular complexity index is 555. The van der Waals surface area contributed by atoms with Gasteiger partial charge in [-0.1, -0.05) is 6.92 Å². The third-order valence-corrected chi connectivity index (χ3v) is 2.49. The molecular formula is C12H15N5O. The molecule has 0 radical (unpaired) electrons. The molecule has 1 aromatic heterocycles. The molecule has 6 nitrogen and oxygen atoms in total. The van der Waals surface area contributed by atoms with Crippen LogP contribution >= 0.6 is 0 Å². The zero-order valence-corrected chi connectivity index (χ0v) is 10.0. The van der Waals surface area contributed by atoms with E-state index in [1.165, 1.54) is 0 Å². The number of aromatic nitrogens is 2. The van der Waals surface area contributed by atoms with E-state index in [0.29, 0.717) is 22.8 Å². The maximum atomic E-state index is 11.9. The number of carbonyl (C=O) groups excluding carboxylic acids is 1. The van der Waals surface area contributed by atoms with Crippen LogP contribution in [0.25, 0.3) is 0 Å². The van der Waals surface area contributed by atoms with Gasteiger partial charge in [0.25, 0.3) is 5.91 Å². The van der Waals surface area contributed by atoms with E-state index in [4.69, 9.17) is 11.5 Å². The Hall–Kier alpha value is -2.50. The molecule has 0 unspecified atom stereocenters. The van der Waals surface area contributed by atoms with Crippen LogP contribution in [-0.4, -0.2) is 16.1 Å². The molecule has 0 fully saturated rings.